The van der Waals surface area contributed by atoms with Crippen LogP contribution in [0.15, 0.2) is 42.5 Å². The Kier molecular flexibility index (Phi) is 2.66. The molecule has 0 N–H and O–H groups in total. The highest BCUT2D eigenvalue weighted by Crippen LogP contribution is 2.31. The Morgan fingerprint density at radius 3 is 2.67 bits per heavy atom. The van der Waals surface area contributed by atoms with Crippen LogP contribution >= 0.6 is 11.6 Å². The molecule has 0 nitrogen and oxygen atoms in total. The Hall–Kier alpha value is -1.08. The molecule has 0 aliphatic heterocycles. The Morgan fingerprint density at radius 2 is 2.07 bits per heavy atom. The number of halogens is 2. The van der Waals surface area contributed by atoms with E-state index in [2.05, 4.69) is 0 Å². The molecule has 2 rings (SSSR count). The highest BCUT2D eigenvalue weighted by molar-refractivity contribution is 6.32. The zero-order chi connectivity index (χ0) is 10.9. The fourth-order valence-electron chi connectivity index (χ4n) is 1.60. The van der Waals surface area contributed by atoms with Crippen LogP contribution < -0.4 is 0 Å². The Balaban J connectivity index is 2.32. The van der Waals surface area contributed by atoms with E-state index in [1.54, 1.807) is 19.1 Å². The predicted octanol–water partition coefficient (Wildman–Crippen LogP) is 4.41. The topological polar surface area (TPSA) is 0 Å². The Bertz CT molecular complexity index is 430. The molecular weight excluding hydrogens is 211 g/mol. The molecule has 0 bridgehead atoms. The maximum absolute atomic E-state index is 13.5. The van der Waals surface area contributed by atoms with Crippen molar-refractivity contribution >= 4 is 17.2 Å². The van der Waals surface area contributed by atoms with Gasteiger partial charge >= 0.3 is 0 Å². The molecule has 0 spiro atoms. The number of allylic oxidation sites excluding steroid dienone is 4. The van der Waals surface area contributed by atoms with Gasteiger partial charge in [-0.1, -0.05) is 42.0 Å². The third kappa shape index (κ3) is 2.29. The van der Waals surface area contributed by atoms with Crippen molar-refractivity contribution in [3.63, 3.8) is 0 Å². The number of benzene rings is 1. The Labute approximate surface area is 94.1 Å². The molecule has 0 amide bonds. The maximum atomic E-state index is 13.5. The van der Waals surface area contributed by atoms with Gasteiger partial charge in [0, 0.05) is 11.4 Å². The summed E-state index contributed by atoms with van der Waals surface area (Å²) in [5.41, 5.74) is 0.742. The van der Waals surface area contributed by atoms with Crippen LogP contribution in [0, 0.1) is 0 Å². The fraction of sp³-hybridized carbons (Fsp3) is 0.231. The molecule has 0 radical (unpaired) electrons. The van der Waals surface area contributed by atoms with Crippen LogP contribution in [-0.2, 0) is 0 Å². The molecule has 1 unspecified atom stereocenters. The lowest BCUT2D eigenvalue weighted by atomic mass is 9.92. The van der Waals surface area contributed by atoms with Crippen molar-refractivity contribution in [1.29, 1.82) is 0 Å². The van der Waals surface area contributed by atoms with Crippen molar-refractivity contribution in [3.8, 4) is 0 Å². The van der Waals surface area contributed by atoms with Gasteiger partial charge in [0.25, 0.3) is 0 Å². The summed E-state index contributed by atoms with van der Waals surface area (Å²) in [6.45, 7) is 1.57. The average molecular weight is 223 g/mol. The summed E-state index contributed by atoms with van der Waals surface area (Å²) < 4.78 is 13.5. The standard InChI is InChI=1S/C13H12ClF/c1-13(15)8-6-10(7-9-13)11-4-2-3-5-12(11)14/h2-8H,9H2,1H3. The van der Waals surface area contributed by atoms with Crippen LogP contribution in [0.2, 0.25) is 5.02 Å². The van der Waals surface area contributed by atoms with Gasteiger partial charge in [-0.05, 0) is 30.2 Å². The Morgan fingerprint density at radius 1 is 1.33 bits per heavy atom. The summed E-state index contributed by atoms with van der Waals surface area (Å²) in [5, 5.41) is 0.705. The van der Waals surface area contributed by atoms with Crippen molar-refractivity contribution in [2.24, 2.45) is 0 Å². The minimum Gasteiger partial charge on any atom is -0.239 e. The van der Waals surface area contributed by atoms with Gasteiger partial charge in [0.1, 0.15) is 5.67 Å². The second-order valence-electron chi connectivity index (χ2n) is 3.95. The first kappa shape index (κ1) is 10.4. The minimum absolute atomic E-state index is 0.407. The van der Waals surface area contributed by atoms with Crippen molar-refractivity contribution in [2.75, 3.05) is 0 Å². The normalized spacial score (nSPS) is 25.1. The molecule has 1 aromatic rings. The summed E-state index contributed by atoms with van der Waals surface area (Å²) in [6.07, 6.45) is 5.68. The first-order valence-corrected chi connectivity index (χ1v) is 5.29. The van der Waals surface area contributed by atoms with E-state index in [-0.39, 0.29) is 0 Å². The maximum Gasteiger partial charge on any atom is 0.130 e. The SMILES string of the molecule is CC1(F)C=CC(c2ccccc2Cl)=CC1. The molecule has 78 valence electrons. The quantitative estimate of drug-likeness (QED) is 0.660. The second-order valence-corrected chi connectivity index (χ2v) is 4.36. The van der Waals surface area contributed by atoms with Gasteiger partial charge in [-0.2, -0.15) is 0 Å². The first-order valence-electron chi connectivity index (χ1n) is 4.92. The fourth-order valence-corrected chi connectivity index (χ4v) is 1.85. The van der Waals surface area contributed by atoms with Gasteiger partial charge < -0.3 is 0 Å². The van der Waals surface area contributed by atoms with Crippen LogP contribution in [0.4, 0.5) is 4.39 Å². The van der Waals surface area contributed by atoms with E-state index in [1.165, 1.54) is 0 Å². The van der Waals surface area contributed by atoms with Crippen LogP contribution in [0.3, 0.4) is 0 Å². The molecule has 0 heterocycles. The highest BCUT2D eigenvalue weighted by Gasteiger charge is 2.21. The second kappa shape index (κ2) is 3.82. The van der Waals surface area contributed by atoms with Crippen LogP contribution in [0.1, 0.15) is 18.9 Å². The van der Waals surface area contributed by atoms with Gasteiger partial charge in [0.15, 0.2) is 0 Å². The summed E-state index contributed by atoms with van der Waals surface area (Å²) in [5.74, 6) is 0. The zero-order valence-electron chi connectivity index (χ0n) is 8.50. The number of rotatable bonds is 1. The van der Waals surface area contributed by atoms with E-state index in [1.807, 2.05) is 30.3 Å². The lowest BCUT2D eigenvalue weighted by Gasteiger charge is -2.19. The van der Waals surface area contributed by atoms with Crippen molar-refractivity contribution in [2.45, 2.75) is 19.0 Å². The summed E-state index contributed by atoms with van der Waals surface area (Å²) >= 11 is 6.06. The van der Waals surface area contributed by atoms with E-state index in [0.29, 0.717) is 11.4 Å². The molecule has 1 aromatic carbocycles. The van der Waals surface area contributed by atoms with Crippen molar-refractivity contribution in [3.05, 3.63) is 53.1 Å². The van der Waals surface area contributed by atoms with Gasteiger partial charge in [-0.15, -0.1) is 0 Å². The number of alkyl halides is 1. The minimum atomic E-state index is -1.22. The molecule has 2 heteroatoms. The lowest BCUT2D eigenvalue weighted by molar-refractivity contribution is 0.260. The van der Waals surface area contributed by atoms with Crippen molar-refractivity contribution < 1.29 is 4.39 Å². The molecular formula is C13H12ClF. The zero-order valence-corrected chi connectivity index (χ0v) is 9.26. The van der Waals surface area contributed by atoms with Crippen LogP contribution in [0.25, 0.3) is 5.57 Å². The third-order valence-electron chi connectivity index (χ3n) is 2.52. The van der Waals surface area contributed by atoms with E-state index in [0.717, 1.165) is 11.1 Å². The predicted molar refractivity (Wildman–Crippen MR) is 62.7 cm³/mol. The monoisotopic (exact) mass is 222 g/mol. The van der Waals surface area contributed by atoms with E-state index in [4.69, 9.17) is 11.6 Å². The van der Waals surface area contributed by atoms with Crippen LogP contribution in [-0.4, -0.2) is 5.67 Å². The van der Waals surface area contributed by atoms with Crippen LogP contribution in [0.5, 0.6) is 0 Å². The molecule has 1 atom stereocenters. The molecule has 0 fully saturated rings. The average Bonchev–Trinajstić information content (AvgIpc) is 2.19. The van der Waals surface area contributed by atoms with Gasteiger partial charge in [0.05, 0.1) is 0 Å². The van der Waals surface area contributed by atoms with E-state index in [9.17, 15) is 4.39 Å². The molecule has 0 aromatic heterocycles. The lowest BCUT2D eigenvalue weighted by Crippen LogP contribution is -2.15. The number of hydrogen-bond acceptors (Lipinski definition) is 0. The van der Waals surface area contributed by atoms with E-state index < -0.39 is 5.67 Å². The van der Waals surface area contributed by atoms with Gasteiger partial charge in [0.2, 0.25) is 0 Å². The molecule has 1 aliphatic rings. The largest absolute Gasteiger partial charge is 0.239 e. The summed E-state index contributed by atoms with van der Waals surface area (Å²) in [7, 11) is 0. The molecule has 0 saturated heterocycles. The highest BCUT2D eigenvalue weighted by atomic mass is 35.5. The molecule has 1 aliphatic carbocycles. The summed E-state index contributed by atoms with van der Waals surface area (Å²) in [4.78, 5) is 0. The number of hydrogen-bond donors (Lipinski definition) is 0. The van der Waals surface area contributed by atoms with Gasteiger partial charge in [-0.25, -0.2) is 4.39 Å². The molecule has 15 heavy (non-hydrogen) atoms. The van der Waals surface area contributed by atoms with Gasteiger partial charge in [-0.3, -0.25) is 0 Å². The first-order chi connectivity index (χ1) is 7.08. The third-order valence-corrected chi connectivity index (χ3v) is 2.85. The smallest absolute Gasteiger partial charge is 0.130 e. The summed E-state index contributed by atoms with van der Waals surface area (Å²) in [6, 6.07) is 7.60. The van der Waals surface area contributed by atoms with E-state index >= 15 is 0 Å². The van der Waals surface area contributed by atoms with Crippen molar-refractivity contribution in [1.82, 2.24) is 0 Å². The molecule has 0 saturated carbocycles.